The van der Waals surface area contributed by atoms with E-state index in [9.17, 15) is 24.0 Å². The summed E-state index contributed by atoms with van der Waals surface area (Å²) >= 11 is 0. The smallest absolute Gasteiger partial charge is 0.338 e. The van der Waals surface area contributed by atoms with Crippen LogP contribution in [0.4, 0.5) is 5.69 Å². The number of nitrogens with one attached hydrogen (secondary N) is 1. The Morgan fingerprint density at radius 3 is 2.22 bits per heavy atom. The minimum absolute atomic E-state index is 0.0140. The second-order valence-corrected chi connectivity index (χ2v) is 8.47. The Bertz CT molecular complexity index is 914. The maximum atomic E-state index is 12.6. The number of benzene rings is 1. The van der Waals surface area contributed by atoms with Gasteiger partial charge >= 0.3 is 11.9 Å². The van der Waals surface area contributed by atoms with Crippen molar-refractivity contribution < 1.29 is 33.4 Å². The highest BCUT2D eigenvalue weighted by Gasteiger charge is 2.60. The highest BCUT2D eigenvalue weighted by Crippen LogP contribution is 2.56. The monoisotopic (exact) mass is 442 g/mol. The molecule has 0 unspecified atom stereocenters. The molecule has 4 atom stereocenters. The first-order valence-electron chi connectivity index (χ1n) is 11.0. The predicted molar refractivity (Wildman–Crippen MR) is 111 cm³/mol. The van der Waals surface area contributed by atoms with Gasteiger partial charge in [0.25, 0.3) is 5.91 Å². The molecule has 1 aromatic rings. The van der Waals surface area contributed by atoms with Gasteiger partial charge in [0.15, 0.2) is 6.61 Å². The van der Waals surface area contributed by atoms with Gasteiger partial charge < -0.3 is 14.8 Å². The maximum Gasteiger partial charge on any atom is 0.338 e. The highest BCUT2D eigenvalue weighted by molar-refractivity contribution is 6.06. The summed E-state index contributed by atoms with van der Waals surface area (Å²) in [6.45, 7) is 1.48. The number of carbonyl (C=O) groups is 5. The summed E-state index contributed by atoms with van der Waals surface area (Å²) in [4.78, 5) is 62.1. The second kappa shape index (κ2) is 9.10. The number of imide groups is 1. The number of anilines is 1. The summed E-state index contributed by atoms with van der Waals surface area (Å²) in [5.74, 6) is -1.79. The van der Waals surface area contributed by atoms with Crippen molar-refractivity contribution in [3.63, 3.8) is 0 Å². The maximum absolute atomic E-state index is 12.6. The summed E-state index contributed by atoms with van der Waals surface area (Å²) in [6.07, 6.45) is 2.82. The average Bonchev–Trinajstić information content (AvgIpc) is 3.46. The third-order valence-electron chi connectivity index (χ3n) is 6.60. The lowest BCUT2D eigenvalue weighted by molar-refractivity contribution is -0.149. The molecule has 0 spiro atoms. The Labute approximate surface area is 185 Å². The molecule has 170 valence electrons. The van der Waals surface area contributed by atoms with E-state index in [1.165, 1.54) is 17.0 Å². The number of esters is 2. The highest BCUT2D eigenvalue weighted by atomic mass is 16.5. The first-order valence-corrected chi connectivity index (χ1v) is 11.0. The largest absolute Gasteiger partial charge is 0.462 e. The van der Waals surface area contributed by atoms with Crippen LogP contribution in [0.15, 0.2) is 24.3 Å². The van der Waals surface area contributed by atoms with E-state index in [-0.39, 0.29) is 43.2 Å². The van der Waals surface area contributed by atoms with Gasteiger partial charge in [0.1, 0.15) is 0 Å². The molecule has 1 heterocycles. The Morgan fingerprint density at radius 1 is 1.00 bits per heavy atom. The Kier molecular flexibility index (Phi) is 6.25. The molecular formula is C23H26N2O7. The molecule has 9 heteroatoms. The van der Waals surface area contributed by atoms with Crippen LogP contribution in [0.1, 0.15) is 43.0 Å². The fourth-order valence-electron chi connectivity index (χ4n) is 5.21. The van der Waals surface area contributed by atoms with E-state index in [1.807, 2.05) is 0 Å². The van der Waals surface area contributed by atoms with Crippen LogP contribution in [0, 0.1) is 23.7 Å². The van der Waals surface area contributed by atoms with Crippen LogP contribution in [0.25, 0.3) is 0 Å². The molecule has 3 aliphatic rings. The Balaban J connectivity index is 1.20. The minimum atomic E-state index is -0.654. The molecule has 3 fully saturated rings. The standard InChI is InChI=1S/C23H26N2O7/c1-2-31-23(30)13-5-7-16(8-6-13)24-17(26)12-32-18(27)9-10-25-21(28)19-14-3-4-15(11-14)20(19)22(25)29/h5-8,14-15,19-20H,2-4,9-12H2,1H3,(H,24,26)/t14-,15-,19-,20-/m0/s1. The molecule has 4 rings (SSSR count). The molecule has 0 aromatic heterocycles. The quantitative estimate of drug-likeness (QED) is 0.481. The van der Waals surface area contributed by atoms with E-state index in [2.05, 4.69) is 5.32 Å². The number of rotatable bonds is 8. The molecule has 2 bridgehead atoms. The van der Waals surface area contributed by atoms with Gasteiger partial charge in [-0.3, -0.25) is 24.1 Å². The second-order valence-electron chi connectivity index (χ2n) is 8.47. The number of ether oxygens (including phenoxy) is 2. The molecule has 1 saturated heterocycles. The topological polar surface area (TPSA) is 119 Å². The van der Waals surface area contributed by atoms with Crippen molar-refractivity contribution in [2.75, 3.05) is 25.1 Å². The number of nitrogens with zero attached hydrogens (tertiary/aromatic N) is 1. The zero-order valence-corrected chi connectivity index (χ0v) is 17.9. The van der Waals surface area contributed by atoms with E-state index in [0.717, 1.165) is 19.3 Å². The van der Waals surface area contributed by atoms with Crippen LogP contribution in [-0.2, 0) is 28.7 Å². The van der Waals surface area contributed by atoms with Crippen molar-refractivity contribution in [2.24, 2.45) is 23.7 Å². The lowest BCUT2D eigenvalue weighted by Crippen LogP contribution is -2.35. The first kappa shape index (κ1) is 22.0. The molecule has 1 aromatic carbocycles. The minimum Gasteiger partial charge on any atom is -0.462 e. The van der Waals surface area contributed by atoms with Crippen molar-refractivity contribution in [1.29, 1.82) is 0 Å². The van der Waals surface area contributed by atoms with E-state index < -0.39 is 24.5 Å². The third kappa shape index (κ3) is 4.24. The van der Waals surface area contributed by atoms with Crippen molar-refractivity contribution in [3.05, 3.63) is 29.8 Å². The molecule has 0 radical (unpaired) electrons. The molecule has 1 N–H and O–H groups in total. The van der Waals surface area contributed by atoms with Gasteiger partial charge in [0.05, 0.1) is 30.4 Å². The Morgan fingerprint density at radius 2 is 1.62 bits per heavy atom. The fourth-order valence-corrected chi connectivity index (χ4v) is 5.21. The van der Waals surface area contributed by atoms with E-state index in [4.69, 9.17) is 9.47 Å². The fraction of sp³-hybridized carbons (Fsp3) is 0.522. The van der Waals surface area contributed by atoms with Crippen LogP contribution in [-0.4, -0.2) is 54.3 Å². The van der Waals surface area contributed by atoms with E-state index in [1.54, 1.807) is 19.1 Å². The predicted octanol–water partition coefficient (Wildman–Crippen LogP) is 1.77. The van der Waals surface area contributed by atoms with Crippen molar-refractivity contribution in [3.8, 4) is 0 Å². The van der Waals surface area contributed by atoms with E-state index >= 15 is 0 Å². The molecule has 2 saturated carbocycles. The molecule has 9 nitrogen and oxygen atoms in total. The van der Waals surface area contributed by atoms with Gasteiger partial charge in [0.2, 0.25) is 11.8 Å². The summed E-state index contributed by atoms with van der Waals surface area (Å²) in [6, 6.07) is 6.12. The van der Waals surface area contributed by atoms with Crippen LogP contribution in [0.2, 0.25) is 0 Å². The van der Waals surface area contributed by atoms with Gasteiger partial charge in [-0.2, -0.15) is 0 Å². The van der Waals surface area contributed by atoms with Gasteiger partial charge in [-0.15, -0.1) is 0 Å². The number of amides is 3. The summed E-state index contributed by atoms with van der Waals surface area (Å²) < 4.78 is 9.87. The summed E-state index contributed by atoms with van der Waals surface area (Å²) in [5, 5.41) is 2.56. The lowest BCUT2D eigenvalue weighted by Gasteiger charge is -2.19. The molecular weight excluding hydrogens is 416 g/mol. The van der Waals surface area contributed by atoms with Crippen molar-refractivity contribution in [2.45, 2.75) is 32.6 Å². The number of hydrogen-bond acceptors (Lipinski definition) is 7. The number of fused-ring (bicyclic) bond motifs is 5. The molecule has 3 amide bonds. The molecule has 1 aliphatic heterocycles. The van der Waals surface area contributed by atoms with Crippen LogP contribution in [0.3, 0.4) is 0 Å². The third-order valence-corrected chi connectivity index (χ3v) is 6.60. The van der Waals surface area contributed by atoms with Crippen LogP contribution in [0.5, 0.6) is 0 Å². The number of hydrogen-bond donors (Lipinski definition) is 1. The lowest BCUT2D eigenvalue weighted by atomic mass is 9.81. The van der Waals surface area contributed by atoms with Crippen LogP contribution < -0.4 is 5.32 Å². The van der Waals surface area contributed by atoms with Gasteiger partial charge in [-0.1, -0.05) is 0 Å². The Hall–Kier alpha value is -3.23. The zero-order valence-electron chi connectivity index (χ0n) is 17.9. The normalized spacial score (nSPS) is 25.6. The molecule has 32 heavy (non-hydrogen) atoms. The summed E-state index contributed by atoms with van der Waals surface area (Å²) in [7, 11) is 0. The first-order chi connectivity index (χ1) is 15.4. The zero-order chi connectivity index (χ0) is 22.8. The molecule has 2 aliphatic carbocycles. The van der Waals surface area contributed by atoms with E-state index in [0.29, 0.717) is 23.1 Å². The summed E-state index contributed by atoms with van der Waals surface area (Å²) in [5.41, 5.74) is 0.799. The van der Waals surface area contributed by atoms with Crippen LogP contribution >= 0.6 is 0 Å². The van der Waals surface area contributed by atoms with Crippen molar-refractivity contribution in [1.82, 2.24) is 4.90 Å². The number of likely N-dealkylation sites (tertiary alicyclic amines) is 1. The average molecular weight is 442 g/mol. The van der Waals surface area contributed by atoms with Gasteiger partial charge in [-0.05, 0) is 62.3 Å². The number of carbonyl (C=O) groups excluding carboxylic acids is 5. The van der Waals surface area contributed by atoms with Gasteiger partial charge in [-0.25, -0.2) is 4.79 Å². The van der Waals surface area contributed by atoms with Crippen molar-refractivity contribution >= 4 is 35.3 Å². The van der Waals surface area contributed by atoms with Gasteiger partial charge in [0, 0.05) is 12.2 Å². The SMILES string of the molecule is CCOC(=O)c1ccc(NC(=O)COC(=O)CCN2C(=O)[C@H]3[C@H]4CC[C@@H](C4)[C@@H]3C2=O)cc1.